The zero-order chi connectivity index (χ0) is 25.2. The van der Waals surface area contributed by atoms with E-state index in [2.05, 4.69) is 18.6 Å². The highest BCUT2D eigenvalue weighted by molar-refractivity contribution is 5.66. The van der Waals surface area contributed by atoms with Crippen LogP contribution in [0.3, 0.4) is 0 Å². The molecule has 4 nitrogen and oxygen atoms in total. The number of carboxylic acid groups (broad SMARTS) is 1. The molecule has 4 aliphatic rings. The Hall–Kier alpha value is -1.06. The summed E-state index contributed by atoms with van der Waals surface area (Å²) in [5, 5.41) is 9.10. The maximum Gasteiger partial charge on any atom is 0.303 e. The standard InChI is InChI=1S/C22H36O2.C3H6O2.2C2H6/c1-21-13-4-3-5-15(21)6-9-17-18-10-7-16(8-11-20(23)24)22(18,2)14-12-19(17)21;1-3(4)5-2;2*1-2/h15-19H,3-14H2,1-2H3,(H,23,24);1-2H3;2*1-2H3. The number of carbonyl (C=O) groups is 2. The van der Waals surface area contributed by atoms with Crippen molar-refractivity contribution in [1.82, 2.24) is 0 Å². The number of rotatable bonds is 3. The van der Waals surface area contributed by atoms with Gasteiger partial charge < -0.3 is 9.84 Å². The lowest BCUT2D eigenvalue weighted by molar-refractivity contribution is -0.139. The molecule has 0 aliphatic heterocycles. The number of esters is 1. The van der Waals surface area contributed by atoms with Crippen molar-refractivity contribution in [3.8, 4) is 0 Å². The third kappa shape index (κ3) is 6.75. The maximum absolute atomic E-state index is 11.0. The van der Waals surface area contributed by atoms with E-state index < -0.39 is 5.97 Å². The first kappa shape index (κ1) is 30.0. The van der Waals surface area contributed by atoms with E-state index in [9.17, 15) is 9.59 Å². The molecule has 7 unspecified atom stereocenters. The monoisotopic (exact) mass is 466 g/mol. The van der Waals surface area contributed by atoms with Gasteiger partial charge in [0.1, 0.15) is 0 Å². The van der Waals surface area contributed by atoms with Crippen LogP contribution in [0.1, 0.15) is 126 Å². The van der Waals surface area contributed by atoms with Crippen LogP contribution in [0.4, 0.5) is 0 Å². The van der Waals surface area contributed by atoms with Crippen molar-refractivity contribution in [2.45, 2.75) is 126 Å². The zero-order valence-electron chi connectivity index (χ0n) is 23.0. The highest BCUT2D eigenvalue weighted by atomic mass is 16.5. The number of hydrogen-bond donors (Lipinski definition) is 1. The Kier molecular flexibility index (Phi) is 12.5. The van der Waals surface area contributed by atoms with Crippen molar-refractivity contribution in [3.05, 3.63) is 0 Å². The smallest absolute Gasteiger partial charge is 0.303 e. The van der Waals surface area contributed by atoms with Crippen LogP contribution in [0.25, 0.3) is 0 Å². The number of carbonyl (C=O) groups excluding carboxylic acids is 1. The van der Waals surface area contributed by atoms with Crippen molar-refractivity contribution < 1.29 is 19.4 Å². The summed E-state index contributed by atoms with van der Waals surface area (Å²) in [6, 6.07) is 0. The summed E-state index contributed by atoms with van der Waals surface area (Å²) >= 11 is 0. The van der Waals surface area contributed by atoms with Crippen LogP contribution < -0.4 is 0 Å². The molecule has 1 N–H and O–H groups in total. The predicted molar refractivity (Wildman–Crippen MR) is 137 cm³/mol. The van der Waals surface area contributed by atoms with Gasteiger partial charge in [-0.1, -0.05) is 54.4 Å². The molecule has 4 aliphatic carbocycles. The second-order valence-corrected chi connectivity index (χ2v) is 10.8. The van der Waals surface area contributed by atoms with Gasteiger partial charge >= 0.3 is 11.9 Å². The number of hydrogen-bond acceptors (Lipinski definition) is 3. The molecular formula is C29H54O4. The quantitative estimate of drug-likeness (QED) is 0.426. The van der Waals surface area contributed by atoms with Gasteiger partial charge in [-0.2, -0.15) is 0 Å². The highest BCUT2D eigenvalue weighted by Gasteiger charge is 2.59. The fourth-order valence-corrected chi connectivity index (χ4v) is 8.18. The SMILES string of the molecule is CC.CC.CC12CCCCC1CCC1C2CCC2(C)C(CCC(=O)O)CCC12.COC(C)=O. The molecule has 0 spiro atoms. The first-order valence-electron chi connectivity index (χ1n) is 14.0. The largest absolute Gasteiger partial charge is 0.481 e. The van der Waals surface area contributed by atoms with Crippen LogP contribution in [0.15, 0.2) is 0 Å². The summed E-state index contributed by atoms with van der Waals surface area (Å²) in [4.78, 5) is 20.6. The van der Waals surface area contributed by atoms with Gasteiger partial charge in [-0.25, -0.2) is 0 Å². The summed E-state index contributed by atoms with van der Waals surface area (Å²) < 4.78 is 4.11. The van der Waals surface area contributed by atoms with E-state index in [0.717, 1.165) is 30.1 Å². The van der Waals surface area contributed by atoms with Gasteiger partial charge in [0, 0.05) is 13.3 Å². The molecule has 0 bridgehead atoms. The van der Waals surface area contributed by atoms with E-state index in [0.29, 0.717) is 23.2 Å². The molecule has 7 atom stereocenters. The lowest BCUT2D eigenvalue weighted by atomic mass is 9.45. The molecule has 33 heavy (non-hydrogen) atoms. The minimum Gasteiger partial charge on any atom is -0.481 e. The van der Waals surface area contributed by atoms with Crippen LogP contribution >= 0.6 is 0 Å². The number of fused-ring (bicyclic) bond motifs is 5. The molecule has 0 aromatic heterocycles. The van der Waals surface area contributed by atoms with Crippen LogP contribution in [-0.4, -0.2) is 24.2 Å². The van der Waals surface area contributed by atoms with Crippen molar-refractivity contribution in [2.75, 3.05) is 7.11 Å². The predicted octanol–water partition coefficient (Wildman–Crippen LogP) is 8.13. The molecule has 0 aromatic rings. The molecule has 4 heteroatoms. The van der Waals surface area contributed by atoms with Gasteiger partial charge in [0.25, 0.3) is 0 Å². The summed E-state index contributed by atoms with van der Waals surface area (Å²) in [5.74, 6) is 3.61. The fraction of sp³-hybridized carbons (Fsp3) is 0.931. The zero-order valence-corrected chi connectivity index (χ0v) is 23.0. The topological polar surface area (TPSA) is 63.6 Å². The van der Waals surface area contributed by atoms with Crippen LogP contribution in [0.5, 0.6) is 0 Å². The average molecular weight is 467 g/mol. The normalized spacial score (nSPS) is 38.2. The van der Waals surface area contributed by atoms with Crippen LogP contribution in [0, 0.1) is 40.4 Å². The van der Waals surface area contributed by atoms with E-state index in [1.165, 1.54) is 78.2 Å². The number of carboxylic acids is 1. The summed E-state index contributed by atoms with van der Waals surface area (Å²) in [6.45, 7) is 14.5. The number of aliphatic carboxylic acids is 1. The van der Waals surface area contributed by atoms with E-state index in [1.807, 2.05) is 27.7 Å². The molecule has 0 saturated heterocycles. The van der Waals surface area contributed by atoms with Crippen molar-refractivity contribution >= 4 is 11.9 Å². The molecule has 4 fully saturated rings. The van der Waals surface area contributed by atoms with E-state index >= 15 is 0 Å². The fourth-order valence-electron chi connectivity index (χ4n) is 8.18. The maximum atomic E-state index is 11.0. The van der Waals surface area contributed by atoms with Crippen molar-refractivity contribution in [2.24, 2.45) is 40.4 Å². The summed E-state index contributed by atoms with van der Waals surface area (Å²) in [7, 11) is 1.35. The van der Waals surface area contributed by atoms with Gasteiger partial charge in [-0.05, 0) is 98.2 Å². The molecule has 194 valence electrons. The molecule has 4 rings (SSSR count). The van der Waals surface area contributed by atoms with Crippen molar-refractivity contribution in [3.63, 3.8) is 0 Å². The molecular weight excluding hydrogens is 412 g/mol. The highest BCUT2D eigenvalue weighted by Crippen LogP contribution is 2.67. The van der Waals surface area contributed by atoms with Gasteiger partial charge in [0.15, 0.2) is 0 Å². The molecule has 0 amide bonds. The Bertz CT molecular complexity index is 602. The summed E-state index contributed by atoms with van der Waals surface area (Å²) in [6.07, 6.45) is 15.6. The molecule has 0 radical (unpaired) electrons. The van der Waals surface area contributed by atoms with Gasteiger partial charge in [-0.15, -0.1) is 0 Å². The first-order valence-corrected chi connectivity index (χ1v) is 14.0. The first-order chi connectivity index (χ1) is 15.7. The Balaban J connectivity index is 0.000000529. The number of ether oxygens (including phenoxy) is 1. The van der Waals surface area contributed by atoms with E-state index in [1.54, 1.807) is 0 Å². The third-order valence-corrected chi connectivity index (χ3v) is 9.77. The van der Waals surface area contributed by atoms with Gasteiger partial charge in [-0.3, -0.25) is 9.59 Å². The van der Waals surface area contributed by atoms with Crippen LogP contribution in [0.2, 0.25) is 0 Å². The average Bonchev–Trinajstić information content (AvgIpc) is 3.16. The third-order valence-electron chi connectivity index (χ3n) is 9.77. The Morgan fingerprint density at radius 1 is 0.848 bits per heavy atom. The molecule has 0 heterocycles. The Labute approximate surface area is 204 Å². The lowest BCUT2D eigenvalue weighted by Crippen LogP contribution is -2.52. The lowest BCUT2D eigenvalue weighted by Gasteiger charge is -2.60. The minimum absolute atomic E-state index is 0.245. The molecule has 0 aromatic carbocycles. The van der Waals surface area contributed by atoms with Gasteiger partial charge in [0.2, 0.25) is 0 Å². The Morgan fingerprint density at radius 3 is 2.03 bits per heavy atom. The second kappa shape index (κ2) is 13.7. The Morgan fingerprint density at radius 2 is 1.45 bits per heavy atom. The number of methoxy groups -OCH3 is 1. The van der Waals surface area contributed by atoms with E-state index in [4.69, 9.17) is 5.11 Å². The van der Waals surface area contributed by atoms with Gasteiger partial charge in [0.05, 0.1) is 7.11 Å². The van der Waals surface area contributed by atoms with Crippen molar-refractivity contribution in [1.29, 1.82) is 0 Å². The van der Waals surface area contributed by atoms with Crippen LogP contribution in [-0.2, 0) is 14.3 Å². The van der Waals surface area contributed by atoms with E-state index in [-0.39, 0.29) is 5.97 Å². The summed E-state index contributed by atoms with van der Waals surface area (Å²) in [5.41, 5.74) is 1.07. The molecule has 4 saturated carbocycles. The minimum atomic E-state index is -0.606. The second-order valence-electron chi connectivity index (χ2n) is 10.8.